The molecule has 0 saturated carbocycles. The van der Waals surface area contributed by atoms with Gasteiger partial charge in [0.2, 0.25) is 0 Å². The highest BCUT2D eigenvalue weighted by Gasteiger charge is 2.25. The van der Waals surface area contributed by atoms with Gasteiger partial charge in [-0.05, 0) is 31.4 Å². The standard InChI is InChI=1S/C25H24N3OS4.ClH/c1-4-28-22(15-21-27(12-13-31-21)16-17-8-6-5-7-9-17)33-23(24(28)29)25-26(2)19-11-10-18(30-3)14-20(19)32-25;/h5-15H,4,16H2,1-3H3;1H/q+1;/p-1/b25-23+;. The smallest absolute Gasteiger partial charge is 0.271 e. The van der Waals surface area contributed by atoms with Gasteiger partial charge in [-0.15, -0.1) is 23.1 Å². The van der Waals surface area contributed by atoms with Crippen molar-refractivity contribution >= 4 is 63.0 Å². The van der Waals surface area contributed by atoms with Gasteiger partial charge in [0, 0.05) is 28.9 Å². The van der Waals surface area contributed by atoms with Crippen molar-refractivity contribution in [2.45, 2.75) is 29.8 Å². The first-order valence-electron chi connectivity index (χ1n) is 10.6. The number of nitrogens with zero attached hydrogens (tertiary/aromatic N) is 3. The Hall–Kier alpha value is -1.97. The molecule has 4 aromatic rings. The van der Waals surface area contributed by atoms with Crippen molar-refractivity contribution in [3.63, 3.8) is 0 Å². The second-order valence-electron chi connectivity index (χ2n) is 7.62. The van der Waals surface area contributed by atoms with E-state index >= 15 is 0 Å². The Morgan fingerprint density at radius 1 is 1.15 bits per heavy atom. The van der Waals surface area contributed by atoms with Gasteiger partial charge in [0.1, 0.15) is 14.2 Å². The van der Waals surface area contributed by atoms with E-state index in [9.17, 15) is 4.79 Å². The topological polar surface area (TPSA) is 29.1 Å². The lowest BCUT2D eigenvalue weighted by molar-refractivity contribution is -0.685. The Morgan fingerprint density at radius 2 is 1.94 bits per heavy atom. The number of rotatable bonds is 5. The van der Waals surface area contributed by atoms with Crippen LogP contribution in [0.5, 0.6) is 0 Å². The van der Waals surface area contributed by atoms with Gasteiger partial charge in [-0.25, -0.2) is 0 Å². The predicted octanol–water partition coefficient (Wildman–Crippen LogP) is 1.19. The van der Waals surface area contributed by atoms with Crippen LogP contribution in [0.2, 0.25) is 0 Å². The van der Waals surface area contributed by atoms with E-state index in [-0.39, 0.29) is 18.0 Å². The van der Waals surface area contributed by atoms with Crippen molar-refractivity contribution in [2.75, 3.05) is 18.2 Å². The molecule has 9 heteroatoms. The maximum Gasteiger partial charge on any atom is 0.271 e. The van der Waals surface area contributed by atoms with E-state index in [0.717, 1.165) is 31.5 Å². The average molecular weight is 546 g/mol. The quantitative estimate of drug-likeness (QED) is 0.278. The molecule has 0 spiro atoms. The van der Waals surface area contributed by atoms with Crippen molar-refractivity contribution in [1.82, 2.24) is 4.57 Å². The first-order valence-corrected chi connectivity index (χ1v) is 14.4. The number of anilines is 1. The van der Waals surface area contributed by atoms with Crippen LogP contribution in [-0.2, 0) is 13.1 Å². The van der Waals surface area contributed by atoms with Crippen LogP contribution in [0.25, 0.3) is 11.1 Å². The normalized spacial score (nSPS) is 14.9. The summed E-state index contributed by atoms with van der Waals surface area (Å²) in [6.45, 7) is 3.50. The fraction of sp³-hybridized carbons (Fsp3) is 0.200. The summed E-state index contributed by atoms with van der Waals surface area (Å²) in [5.41, 5.74) is 2.51. The molecule has 4 nitrogen and oxygen atoms in total. The molecular formula is C25H24ClN3OS4. The molecule has 0 atom stereocenters. The molecule has 0 radical (unpaired) electrons. The van der Waals surface area contributed by atoms with Gasteiger partial charge >= 0.3 is 0 Å². The highest BCUT2D eigenvalue weighted by Crippen LogP contribution is 2.46. The van der Waals surface area contributed by atoms with Crippen LogP contribution in [0.4, 0.5) is 5.69 Å². The van der Waals surface area contributed by atoms with E-state index in [4.69, 9.17) is 0 Å². The van der Waals surface area contributed by atoms with Crippen LogP contribution in [0.3, 0.4) is 0 Å². The van der Waals surface area contributed by atoms with Gasteiger partial charge in [-0.1, -0.05) is 53.4 Å². The molecule has 2 aromatic carbocycles. The number of fused-ring (bicyclic) bond motifs is 1. The predicted molar refractivity (Wildman–Crippen MR) is 143 cm³/mol. The second kappa shape index (κ2) is 10.7. The van der Waals surface area contributed by atoms with Crippen LogP contribution in [-0.4, -0.2) is 17.9 Å². The molecule has 3 heterocycles. The summed E-state index contributed by atoms with van der Waals surface area (Å²) in [5, 5.41) is 4.26. The van der Waals surface area contributed by atoms with E-state index in [0.29, 0.717) is 6.54 Å². The Balaban J connectivity index is 0.00000274. The monoisotopic (exact) mass is 545 g/mol. The minimum absolute atomic E-state index is 0. The molecule has 0 amide bonds. The Labute approximate surface area is 221 Å². The number of aromatic nitrogens is 2. The molecular weight excluding hydrogens is 522 g/mol. The van der Waals surface area contributed by atoms with Crippen LogP contribution in [0.15, 0.2) is 74.7 Å². The summed E-state index contributed by atoms with van der Waals surface area (Å²) < 4.78 is 5.94. The maximum atomic E-state index is 13.4. The molecule has 34 heavy (non-hydrogen) atoms. The summed E-state index contributed by atoms with van der Waals surface area (Å²) >= 11 is 6.72. The van der Waals surface area contributed by atoms with E-state index in [1.165, 1.54) is 15.4 Å². The lowest BCUT2D eigenvalue weighted by Gasteiger charge is -2.12. The number of hydrogen-bond acceptors (Lipinski definition) is 6. The van der Waals surface area contributed by atoms with Gasteiger partial charge in [0.05, 0.1) is 17.1 Å². The molecule has 0 fully saturated rings. The second-order valence-corrected chi connectivity index (χ2v) is 11.5. The summed E-state index contributed by atoms with van der Waals surface area (Å²) in [7, 11) is 2.05. The summed E-state index contributed by atoms with van der Waals surface area (Å²) in [4.78, 5) is 18.0. The Morgan fingerprint density at radius 3 is 2.68 bits per heavy atom. The molecule has 0 saturated heterocycles. The highest BCUT2D eigenvalue weighted by atomic mass is 35.5. The van der Waals surface area contributed by atoms with Crippen molar-refractivity contribution < 1.29 is 17.0 Å². The molecule has 2 aromatic heterocycles. The third-order valence-electron chi connectivity index (χ3n) is 5.62. The van der Waals surface area contributed by atoms with Crippen LogP contribution in [0, 0.1) is 0 Å². The first-order chi connectivity index (χ1) is 16.1. The van der Waals surface area contributed by atoms with Crippen LogP contribution in [0.1, 0.15) is 17.5 Å². The van der Waals surface area contributed by atoms with Crippen molar-refractivity contribution in [1.29, 1.82) is 0 Å². The molecule has 0 unspecified atom stereocenters. The van der Waals surface area contributed by atoms with Crippen LogP contribution >= 0.6 is 46.2 Å². The lowest BCUT2D eigenvalue weighted by atomic mass is 10.2. The zero-order chi connectivity index (χ0) is 22.9. The van der Waals surface area contributed by atoms with E-state index < -0.39 is 0 Å². The first kappa shape index (κ1) is 25.1. The average Bonchev–Trinajstić information content (AvgIpc) is 3.50. The van der Waals surface area contributed by atoms with E-state index in [1.807, 2.05) is 17.6 Å². The van der Waals surface area contributed by atoms with Gasteiger partial charge < -0.3 is 17.3 Å². The Bertz CT molecular complexity index is 1490. The molecule has 1 aliphatic heterocycles. The maximum absolute atomic E-state index is 13.4. The minimum Gasteiger partial charge on any atom is -1.00 e. The SMILES string of the molecule is CCn1c(=O)/c(=C2\Sc3cc(SC)ccc3N2C)s/c1=C\c1scc[n+]1Cc1ccccc1.[Cl-]. The molecule has 0 N–H and O–H groups in total. The number of thioether (sulfide) groups is 2. The Kier molecular flexibility index (Phi) is 7.94. The van der Waals surface area contributed by atoms with E-state index in [1.54, 1.807) is 46.2 Å². The molecule has 176 valence electrons. The zero-order valence-corrected chi connectivity index (χ0v) is 23.0. The number of hydrogen-bond donors (Lipinski definition) is 0. The van der Waals surface area contributed by atoms with Crippen molar-refractivity contribution in [3.8, 4) is 0 Å². The molecule has 1 aliphatic rings. The molecule has 5 rings (SSSR count). The lowest BCUT2D eigenvalue weighted by Crippen LogP contribution is -3.00. The van der Waals surface area contributed by atoms with Gasteiger partial charge in [0.15, 0.2) is 12.7 Å². The van der Waals surface area contributed by atoms with Crippen molar-refractivity contribution in [3.05, 3.63) is 90.2 Å². The molecule has 0 bridgehead atoms. The number of halogens is 1. The van der Waals surface area contributed by atoms with Gasteiger partial charge in [-0.3, -0.25) is 9.36 Å². The third-order valence-corrected chi connectivity index (χ3v) is 9.66. The largest absolute Gasteiger partial charge is 1.00 e. The number of benzene rings is 2. The summed E-state index contributed by atoms with van der Waals surface area (Å²) in [6, 6.07) is 17.0. The molecule has 0 aliphatic carbocycles. The van der Waals surface area contributed by atoms with E-state index in [2.05, 4.69) is 82.9 Å². The zero-order valence-electron chi connectivity index (χ0n) is 19.0. The van der Waals surface area contributed by atoms with Gasteiger partial charge in [-0.2, -0.15) is 4.57 Å². The highest BCUT2D eigenvalue weighted by molar-refractivity contribution is 8.08. The number of thiazole rings is 2. The van der Waals surface area contributed by atoms with Crippen LogP contribution < -0.4 is 36.6 Å². The fourth-order valence-corrected chi connectivity index (χ4v) is 7.75. The summed E-state index contributed by atoms with van der Waals surface area (Å²) in [5.74, 6) is 0. The third kappa shape index (κ3) is 4.75. The van der Waals surface area contributed by atoms with Crippen molar-refractivity contribution in [2.24, 2.45) is 0 Å². The minimum atomic E-state index is 0. The van der Waals surface area contributed by atoms with Gasteiger partial charge in [0.25, 0.3) is 10.6 Å². The fourth-order valence-electron chi connectivity index (χ4n) is 3.88. The summed E-state index contributed by atoms with van der Waals surface area (Å²) in [6.07, 6.45) is 6.36.